The van der Waals surface area contributed by atoms with Crippen molar-refractivity contribution in [2.24, 2.45) is 0 Å². The molecule has 2 aromatic carbocycles. The van der Waals surface area contributed by atoms with Gasteiger partial charge in [0.1, 0.15) is 11.1 Å². The Bertz CT molecular complexity index is 877. The first-order valence-electron chi connectivity index (χ1n) is 7.16. The van der Waals surface area contributed by atoms with Gasteiger partial charge in [-0.25, -0.2) is 0 Å². The molecule has 23 heavy (non-hydrogen) atoms. The quantitative estimate of drug-likeness (QED) is 0.670. The Morgan fingerprint density at radius 2 is 1.65 bits per heavy atom. The number of thiophene rings is 1. The molecule has 112 valence electrons. The van der Waals surface area contributed by atoms with E-state index < -0.39 is 0 Å². The molecule has 3 aromatic rings. The molecular weight excluding hydrogens is 304 g/mol. The SMILES string of the molecule is CC(=O)c1sc(Nc2ccccc2)c(C#N)c1-c1ccccc1. The number of carbonyl (C=O) groups is 1. The summed E-state index contributed by atoms with van der Waals surface area (Å²) in [4.78, 5) is 12.6. The maximum absolute atomic E-state index is 12.0. The van der Waals surface area contributed by atoms with E-state index >= 15 is 0 Å². The van der Waals surface area contributed by atoms with E-state index in [0.717, 1.165) is 11.3 Å². The highest BCUT2D eigenvalue weighted by Crippen LogP contribution is 2.41. The van der Waals surface area contributed by atoms with Crippen LogP contribution in [0.1, 0.15) is 22.2 Å². The predicted molar refractivity (Wildman–Crippen MR) is 94.2 cm³/mol. The van der Waals surface area contributed by atoms with Crippen LogP contribution in [-0.4, -0.2) is 5.78 Å². The fourth-order valence-electron chi connectivity index (χ4n) is 2.41. The van der Waals surface area contributed by atoms with Crippen LogP contribution in [0.2, 0.25) is 0 Å². The summed E-state index contributed by atoms with van der Waals surface area (Å²) in [5.74, 6) is -0.0357. The van der Waals surface area contributed by atoms with Crippen molar-refractivity contribution >= 4 is 27.8 Å². The summed E-state index contributed by atoms with van der Waals surface area (Å²) >= 11 is 1.33. The molecule has 0 aliphatic rings. The lowest BCUT2D eigenvalue weighted by Gasteiger charge is -2.04. The second kappa shape index (κ2) is 6.47. The molecular formula is C19H14N2OS. The van der Waals surface area contributed by atoms with Crippen molar-refractivity contribution < 1.29 is 4.79 Å². The van der Waals surface area contributed by atoms with Crippen LogP contribution in [-0.2, 0) is 0 Å². The van der Waals surface area contributed by atoms with Crippen LogP contribution in [0.15, 0.2) is 60.7 Å². The summed E-state index contributed by atoms with van der Waals surface area (Å²) in [5.41, 5.74) is 2.99. The zero-order valence-corrected chi connectivity index (χ0v) is 13.4. The summed E-state index contributed by atoms with van der Waals surface area (Å²) in [6.07, 6.45) is 0. The van der Waals surface area contributed by atoms with Crippen LogP contribution < -0.4 is 5.32 Å². The molecule has 0 bridgehead atoms. The molecule has 0 aliphatic carbocycles. The smallest absolute Gasteiger partial charge is 0.170 e. The van der Waals surface area contributed by atoms with Crippen LogP contribution >= 0.6 is 11.3 Å². The third-order valence-electron chi connectivity index (χ3n) is 3.43. The topological polar surface area (TPSA) is 52.9 Å². The summed E-state index contributed by atoms with van der Waals surface area (Å²) in [5, 5.41) is 13.6. The summed E-state index contributed by atoms with van der Waals surface area (Å²) < 4.78 is 0. The third-order valence-corrected chi connectivity index (χ3v) is 4.64. The minimum atomic E-state index is -0.0357. The molecule has 1 aromatic heterocycles. The molecule has 0 amide bonds. The van der Waals surface area contributed by atoms with Crippen molar-refractivity contribution in [1.82, 2.24) is 0 Å². The lowest BCUT2D eigenvalue weighted by atomic mass is 10.0. The summed E-state index contributed by atoms with van der Waals surface area (Å²) in [7, 11) is 0. The van der Waals surface area contributed by atoms with Crippen molar-refractivity contribution in [2.75, 3.05) is 5.32 Å². The molecule has 0 unspecified atom stereocenters. The highest BCUT2D eigenvalue weighted by atomic mass is 32.1. The van der Waals surface area contributed by atoms with Gasteiger partial charge in [0.2, 0.25) is 0 Å². The van der Waals surface area contributed by atoms with Gasteiger partial charge in [-0.15, -0.1) is 11.3 Å². The molecule has 3 rings (SSSR count). The van der Waals surface area contributed by atoms with Crippen molar-refractivity contribution in [3.05, 3.63) is 71.1 Å². The van der Waals surface area contributed by atoms with Crippen LogP contribution in [0.3, 0.4) is 0 Å². The average Bonchev–Trinajstić information content (AvgIpc) is 2.95. The van der Waals surface area contributed by atoms with Crippen molar-refractivity contribution in [2.45, 2.75) is 6.92 Å². The van der Waals surface area contributed by atoms with Gasteiger partial charge < -0.3 is 5.32 Å². The number of para-hydroxylation sites is 1. The van der Waals surface area contributed by atoms with Gasteiger partial charge in [0, 0.05) is 11.3 Å². The Kier molecular flexibility index (Phi) is 4.22. The molecule has 1 heterocycles. The van der Waals surface area contributed by atoms with Crippen LogP contribution in [0.5, 0.6) is 0 Å². The molecule has 4 heteroatoms. The van der Waals surface area contributed by atoms with Crippen molar-refractivity contribution in [3.8, 4) is 17.2 Å². The van der Waals surface area contributed by atoms with Gasteiger partial charge in [-0.2, -0.15) is 5.26 Å². The average molecular weight is 318 g/mol. The van der Waals surface area contributed by atoms with E-state index in [4.69, 9.17) is 0 Å². The second-order valence-electron chi connectivity index (χ2n) is 5.04. The molecule has 0 spiro atoms. The van der Waals surface area contributed by atoms with E-state index in [-0.39, 0.29) is 5.78 Å². The fourth-order valence-corrected chi connectivity index (χ4v) is 3.50. The van der Waals surface area contributed by atoms with Gasteiger partial charge in [0.15, 0.2) is 5.78 Å². The first-order valence-corrected chi connectivity index (χ1v) is 7.97. The number of carbonyl (C=O) groups excluding carboxylic acids is 1. The number of hydrogen-bond donors (Lipinski definition) is 1. The molecule has 0 fully saturated rings. The predicted octanol–water partition coefficient (Wildman–Crippen LogP) is 5.23. The highest BCUT2D eigenvalue weighted by molar-refractivity contribution is 7.19. The first-order chi connectivity index (χ1) is 11.2. The maximum Gasteiger partial charge on any atom is 0.170 e. The van der Waals surface area contributed by atoms with Gasteiger partial charge in [0.05, 0.1) is 10.4 Å². The Morgan fingerprint density at radius 1 is 1.04 bits per heavy atom. The molecule has 0 saturated carbocycles. The van der Waals surface area contributed by atoms with Crippen molar-refractivity contribution in [3.63, 3.8) is 0 Å². The molecule has 1 N–H and O–H groups in total. The van der Waals surface area contributed by atoms with E-state index in [9.17, 15) is 10.1 Å². The Morgan fingerprint density at radius 3 is 2.22 bits per heavy atom. The summed E-state index contributed by atoms with van der Waals surface area (Å²) in [6, 6.07) is 21.4. The number of nitrogens with zero attached hydrogens (tertiary/aromatic N) is 1. The van der Waals surface area contributed by atoms with Crippen LogP contribution in [0.25, 0.3) is 11.1 Å². The number of ketones is 1. The van der Waals surface area contributed by atoms with E-state index in [1.165, 1.54) is 18.3 Å². The summed E-state index contributed by atoms with van der Waals surface area (Å²) in [6.45, 7) is 1.53. The zero-order chi connectivity index (χ0) is 16.2. The molecule has 0 atom stereocenters. The molecule has 0 aliphatic heterocycles. The zero-order valence-electron chi connectivity index (χ0n) is 12.5. The minimum absolute atomic E-state index is 0.0357. The normalized spacial score (nSPS) is 10.1. The standard InChI is InChI=1S/C19H14N2OS/c1-13(22)18-17(14-8-4-2-5-9-14)16(12-20)19(23-18)21-15-10-6-3-7-11-15/h2-11,21H,1H3. The Labute approximate surface area is 138 Å². The molecule has 3 nitrogen and oxygen atoms in total. The number of benzene rings is 2. The van der Waals surface area contributed by atoms with Crippen molar-refractivity contribution in [1.29, 1.82) is 5.26 Å². The highest BCUT2D eigenvalue weighted by Gasteiger charge is 2.22. The third kappa shape index (κ3) is 3.01. The Balaban J connectivity index is 2.16. The molecule has 0 radical (unpaired) electrons. The lowest BCUT2D eigenvalue weighted by molar-refractivity contribution is 0.102. The van der Waals surface area contributed by atoms with E-state index in [2.05, 4.69) is 11.4 Å². The van der Waals surface area contributed by atoms with Gasteiger partial charge in [-0.1, -0.05) is 48.5 Å². The van der Waals surface area contributed by atoms with Gasteiger partial charge in [0.25, 0.3) is 0 Å². The Hall–Kier alpha value is -2.90. The number of nitriles is 1. The largest absolute Gasteiger partial charge is 0.346 e. The van der Waals surface area contributed by atoms with Gasteiger partial charge in [-0.05, 0) is 24.6 Å². The van der Waals surface area contributed by atoms with Gasteiger partial charge >= 0.3 is 0 Å². The monoisotopic (exact) mass is 318 g/mol. The van der Waals surface area contributed by atoms with Crippen LogP contribution in [0.4, 0.5) is 10.7 Å². The van der Waals surface area contributed by atoms with Crippen LogP contribution in [0, 0.1) is 11.3 Å². The fraction of sp³-hybridized carbons (Fsp3) is 0.0526. The number of hydrogen-bond acceptors (Lipinski definition) is 4. The number of Topliss-reactive ketones (excluding diaryl/α,β-unsaturated/α-hetero) is 1. The van der Waals surface area contributed by atoms with E-state index in [0.29, 0.717) is 21.0 Å². The number of nitrogens with one attached hydrogen (secondary N) is 1. The number of anilines is 2. The number of rotatable bonds is 4. The maximum atomic E-state index is 12.0. The van der Waals surface area contributed by atoms with Gasteiger partial charge in [-0.3, -0.25) is 4.79 Å². The first kappa shape index (κ1) is 15.0. The minimum Gasteiger partial charge on any atom is -0.346 e. The lowest BCUT2D eigenvalue weighted by Crippen LogP contribution is -1.92. The van der Waals surface area contributed by atoms with E-state index in [1.54, 1.807) is 0 Å². The van der Waals surface area contributed by atoms with E-state index in [1.807, 2.05) is 60.7 Å². The molecule has 0 saturated heterocycles. The second-order valence-corrected chi connectivity index (χ2v) is 6.06.